The summed E-state index contributed by atoms with van der Waals surface area (Å²) < 4.78 is 5.37. The molecule has 37 heavy (non-hydrogen) atoms. The largest absolute Gasteiger partial charge is 0.444 e. The lowest BCUT2D eigenvalue weighted by Gasteiger charge is -2.48. The molecule has 12 heteroatoms. The van der Waals surface area contributed by atoms with Crippen molar-refractivity contribution in [2.24, 2.45) is 16.5 Å². The molecule has 2 aliphatic rings. The Bertz CT molecular complexity index is 966. The highest BCUT2D eigenvalue weighted by atomic mass is 35.5. The monoisotopic (exact) mass is 536 g/mol. The molecular weight excluding hydrogens is 500 g/mol. The Morgan fingerprint density at radius 1 is 1.30 bits per heavy atom. The summed E-state index contributed by atoms with van der Waals surface area (Å²) >= 11 is 0. The van der Waals surface area contributed by atoms with Gasteiger partial charge >= 0.3 is 6.09 Å². The van der Waals surface area contributed by atoms with Crippen molar-refractivity contribution in [3.8, 4) is 0 Å². The average Bonchev–Trinajstić information content (AvgIpc) is 3.26. The first kappa shape index (κ1) is 30.0. The van der Waals surface area contributed by atoms with Crippen molar-refractivity contribution in [3.63, 3.8) is 0 Å². The minimum absolute atomic E-state index is 0. The highest BCUT2D eigenvalue weighted by Gasteiger charge is 2.48. The van der Waals surface area contributed by atoms with Crippen molar-refractivity contribution >= 4 is 42.6 Å². The van der Waals surface area contributed by atoms with E-state index in [4.69, 9.17) is 16.2 Å². The fourth-order valence-electron chi connectivity index (χ4n) is 4.88. The smallest absolute Gasteiger partial charge is 0.417 e. The number of hydrogen-bond acceptors (Lipinski definition) is 7. The molecule has 3 rings (SSSR count). The Labute approximate surface area is 223 Å². The number of piperidine rings is 1. The lowest BCUT2D eigenvalue weighted by atomic mass is 9.93. The number of ether oxygens (including phenoxy) is 1. The Kier molecular flexibility index (Phi) is 11.3. The Balaban J connectivity index is 0.00000481. The number of imide groups is 1. The van der Waals surface area contributed by atoms with Crippen LogP contribution < -0.4 is 16.8 Å². The van der Waals surface area contributed by atoms with Gasteiger partial charge in [-0.05, 0) is 57.6 Å². The maximum absolute atomic E-state index is 14.0. The number of amides is 3. The third-order valence-electron chi connectivity index (χ3n) is 6.71. The summed E-state index contributed by atoms with van der Waals surface area (Å²) in [4.78, 5) is 58.2. The van der Waals surface area contributed by atoms with Crippen LogP contribution in [0.2, 0.25) is 0 Å². The molecule has 1 aromatic rings. The molecule has 204 valence electrons. The van der Waals surface area contributed by atoms with E-state index < -0.39 is 35.7 Å². The van der Waals surface area contributed by atoms with Crippen LogP contribution in [0, 0.1) is 0 Å². The van der Waals surface area contributed by atoms with Gasteiger partial charge in [0, 0.05) is 13.0 Å². The van der Waals surface area contributed by atoms with E-state index in [0.29, 0.717) is 32.4 Å². The van der Waals surface area contributed by atoms with Crippen LogP contribution >= 0.6 is 12.4 Å². The number of rotatable bonds is 10. The Morgan fingerprint density at radius 2 is 2.03 bits per heavy atom. The number of hydrogen-bond donors (Lipinski definition) is 3. The molecule has 0 radical (unpaired) electrons. The highest BCUT2D eigenvalue weighted by molar-refractivity contribution is 6.01. The van der Waals surface area contributed by atoms with Crippen LogP contribution in [-0.2, 0) is 25.7 Å². The molecule has 1 aromatic carbocycles. The van der Waals surface area contributed by atoms with Crippen LogP contribution in [0.25, 0.3) is 0 Å². The minimum atomic E-state index is -1.04. The van der Waals surface area contributed by atoms with E-state index in [1.54, 1.807) is 12.1 Å². The van der Waals surface area contributed by atoms with Gasteiger partial charge in [0.1, 0.15) is 18.9 Å². The molecule has 3 amide bonds. The second kappa shape index (κ2) is 13.9. The van der Waals surface area contributed by atoms with Crippen molar-refractivity contribution in [3.05, 3.63) is 35.9 Å². The summed E-state index contributed by atoms with van der Waals surface area (Å²) in [6.45, 7) is 2.87. The first-order valence-corrected chi connectivity index (χ1v) is 12.4. The molecule has 5 N–H and O–H groups in total. The zero-order valence-corrected chi connectivity index (χ0v) is 22.0. The average molecular weight is 537 g/mol. The van der Waals surface area contributed by atoms with E-state index in [1.807, 2.05) is 25.1 Å². The number of carbonyl (C=O) groups is 4. The predicted octanol–water partition coefficient (Wildman–Crippen LogP) is 1.68. The number of likely N-dealkylation sites (tertiary alicyclic amines) is 1. The number of aldehydes is 1. The van der Waals surface area contributed by atoms with Crippen LogP contribution in [0.1, 0.15) is 57.4 Å². The van der Waals surface area contributed by atoms with Gasteiger partial charge in [0.2, 0.25) is 11.8 Å². The molecule has 2 heterocycles. The molecule has 0 spiro atoms. The van der Waals surface area contributed by atoms with Gasteiger partial charge in [-0.25, -0.2) is 9.69 Å². The summed E-state index contributed by atoms with van der Waals surface area (Å²) in [7, 11) is 0. The molecule has 2 saturated heterocycles. The summed E-state index contributed by atoms with van der Waals surface area (Å²) in [6, 6.07) is 7.27. The van der Waals surface area contributed by atoms with E-state index in [1.165, 1.54) is 4.90 Å². The van der Waals surface area contributed by atoms with E-state index >= 15 is 0 Å². The fraction of sp³-hybridized carbons (Fsp3) is 0.560. The maximum atomic E-state index is 14.0. The second-order valence-electron chi connectivity index (χ2n) is 9.38. The van der Waals surface area contributed by atoms with E-state index in [-0.39, 0.29) is 37.8 Å². The van der Waals surface area contributed by atoms with Crippen LogP contribution in [0.5, 0.6) is 0 Å². The van der Waals surface area contributed by atoms with Gasteiger partial charge in [-0.15, -0.1) is 12.4 Å². The van der Waals surface area contributed by atoms with E-state index in [0.717, 1.165) is 29.6 Å². The molecule has 2 aliphatic heterocycles. The third kappa shape index (κ3) is 7.65. The number of halogens is 1. The lowest BCUT2D eigenvalue weighted by molar-refractivity contribution is -0.152. The van der Waals surface area contributed by atoms with Crippen LogP contribution in [0.15, 0.2) is 35.3 Å². The van der Waals surface area contributed by atoms with Crippen molar-refractivity contribution < 1.29 is 23.9 Å². The van der Waals surface area contributed by atoms with Gasteiger partial charge in [0.05, 0.1) is 11.7 Å². The normalized spacial score (nSPS) is 21.9. The number of carbonyl (C=O) groups excluding carboxylic acids is 4. The number of aliphatic imine (C=N–C) groups is 1. The molecule has 0 bridgehead atoms. The van der Waals surface area contributed by atoms with Gasteiger partial charge in [0.25, 0.3) is 0 Å². The van der Waals surface area contributed by atoms with Crippen LogP contribution in [-0.4, -0.2) is 70.8 Å². The zero-order valence-electron chi connectivity index (χ0n) is 21.1. The van der Waals surface area contributed by atoms with E-state index in [9.17, 15) is 19.2 Å². The SMILES string of the molecule is CC1(N(C(=O)[C@@H]2CCC(=O)N2C(=O)OCc2ccccc2)[C@H](C=O)CCCN=C(N)N)CCCCN1.Cl. The summed E-state index contributed by atoms with van der Waals surface area (Å²) in [5, 5.41) is 3.38. The number of guanidine groups is 1. The molecular formula is C25H37ClN6O5. The van der Waals surface area contributed by atoms with E-state index in [2.05, 4.69) is 10.3 Å². The lowest BCUT2D eigenvalue weighted by Crippen LogP contribution is -2.67. The number of nitrogens with two attached hydrogens (primary N) is 2. The van der Waals surface area contributed by atoms with Crippen molar-refractivity contribution in [2.45, 2.75) is 76.2 Å². The Morgan fingerprint density at radius 3 is 2.65 bits per heavy atom. The first-order valence-electron chi connectivity index (χ1n) is 12.4. The standard InChI is InChI=1S/C25H36N6O5.ClH/c1-25(13-5-6-15-29-25)31(19(16-32)10-7-14-28-23(26)27)22(34)20-11-12-21(33)30(20)24(35)36-17-18-8-3-2-4-9-18;/h2-4,8-9,16,19-20,29H,5-7,10-15,17H2,1H3,(H4,26,27,28);1H/t19-,20-,25?;/m0./s1. The summed E-state index contributed by atoms with van der Waals surface area (Å²) in [6.07, 6.45) is 3.37. The van der Waals surface area contributed by atoms with Crippen LogP contribution in [0.4, 0.5) is 4.79 Å². The van der Waals surface area contributed by atoms with Crippen molar-refractivity contribution in [1.29, 1.82) is 0 Å². The number of nitrogens with one attached hydrogen (secondary N) is 1. The Hall–Kier alpha value is -3.18. The molecule has 0 aromatic heterocycles. The number of benzene rings is 1. The molecule has 0 saturated carbocycles. The van der Waals surface area contributed by atoms with Crippen molar-refractivity contribution in [1.82, 2.24) is 15.1 Å². The molecule has 11 nitrogen and oxygen atoms in total. The summed E-state index contributed by atoms with van der Waals surface area (Å²) in [5.41, 5.74) is 10.7. The predicted molar refractivity (Wildman–Crippen MR) is 141 cm³/mol. The molecule has 2 fully saturated rings. The molecule has 3 atom stereocenters. The van der Waals surface area contributed by atoms with Crippen molar-refractivity contribution in [2.75, 3.05) is 13.1 Å². The maximum Gasteiger partial charge on any atom is 0.417 e. The van der Waals surface area contributed by atoms with Gasteiger partial charge in [-0.2, -0.15) is 0 Å². The van der Waals surface area contributed by atoms with Gasteiger partial charge in [-0.3, -0.25) is 19.9 Å². The fourth-order valence-corrected chi connectivity index (χ4v) is 4.88. The summed E-state index contributed by atoms with van der Waals surface area (Å²) in [5.74, 6) is -0.961. The topological polar surface area (TPSA) is 160 Å². The number of nitrogens with zero attached hydrogens (tertiary/aromatic N) is 3. The third-order valence-corrected chi connectivity index (χ3v) is 6.71. The van der Waals surface area contributed by atoms with Crippen LogP contribution in [0.3, 0.4) is 0 Å². The van der Waals surface area contributed by atoms with Gasteiger partial charge < -0.3 is 25.9 Å². The zero-order chi connectivity index (χ0) is 26.1. The van der Waals surface area contributed by atoms with Gasteiger partial charge in [-0.1, -0.05) is 30.3 Å². The highest BCUT2D eigenvalue weighted by Crippen LogP contribution is 2.31. The van der Waals surface area contributed by atoms with Gasteiger partial charge in [0.15, 0.2) is 5.96 Å². The molecule has 0 aliphatic carbocycles. The second-order valence-corrected chi connectivity index (χ2v) is 9.38. The molecule has 1 unspecified atom stereocenters. The minimum Gasteiger partial charge on any atom is -0.444 e. The quantitative estimate of drug-likeness (QED) is 0.176. The first-order chi connectivity index (χ1) is 17.3.